The van der Waals surface area contributed by atoms with Gasteiger partial charge >= 0.3 is 6.18 Å². The highest BCUT2D eigenvalue weighted by Crippen LogP contribution is 2.34. The fourth-order valence-corrected chi connectivity index (χ4v) is 5.28. The number of alkyl halides is 3. The summed E-state index contributed by atoms with van der Waals surface area (Å²) in [6.45, 7) is 2.23. The van der Waals surface area contributed by atoms with Crippen molar-refractivity contribution >= 4 is 33.2 Å². The van der Waals surface area contributed by atoms with E-state index in [-0.39, 0.29) is 41.5 Å². The van der Waals surface area contributed by atoms with Gasteiger partial charge in [-0.2, -0.15) is 17.5 Å². The number of halogens is 5. The zero-order valence-electron chi connectivity index (χ0n) is 17.5. The lowest BCUT2D eigenvalue weighted by atomic mass is 9.97. The number of hydrogen-bond donors (Lipinski definition) is 1. The molecule has 1 fully saturated rings. The molecule has 2 aromatic rings. The maximum atomic E-state index is 13.4. The molecule has 180 valence electrons. The molecule has 2 aromatic carbocycles. The Labute approximate surface area is 193 Å². The molecule has 1 saturated heterocycles. The van der Waals surface area contributed by atoms with Gasteiger partial charge in [0.25, 0.3) is 0 Å². The van der Waals surface area contributed by atoms with E-state index < -0.39 is 39.4 Å². The van der Waals surface area contributed by atoms with Gasteiger partial charge in [-0.15, -0.1) is 0 Å². The van der Waals surface area contributed by atoms with Crippen LogP contribution in [0, 0.1) is 11.7 Å². The molecular formula is C21H21ClF4N2O4S. The number of ether oxygens (including phenoxy) is 1. The Morgan fingerprint density at radius 2 is 1.85 bits per heavy atom. The van der Waals surface area contributed by atoms with Gasteiger partial charge in [0.1, 0.15) is 11.6 Å². The van der Waals surface area contributed by atoms with Gasteiger partial charge in [-0.1, -0.05) is 11.6 Å². The highest BCUT2D eigenvalue weighted by molar-refractivity contribution is 7.89. The maximum absolute atomic E-state index is 13.4. The molecule has 3 rings (SSSR count). The predicted octanol–water partition coefficient (Wildman–Crippen LogP) is 4.94. The minimum Gasteiger partial charge on any atom is -0.492 e. The zero-order valence-corrected chi connectivity index (χ0v) is 19.0. The van der Waals surface area contributed by atoms with Crippen molar-refractivity contribution in [1.82, 2.24) is 4.31 Å². The van der Waals surface area contributed by atoms with Crippen molar-refractivity contribution in [1.29, 1.82) is 0 Å². The molecule has 33 heavy (non-hydrogen) atoms. The van der Waals surface area contributed by atoms with E-state index in [0.29, 0.717) is 24.5 Å². The summed E-state index contributed by atoms with van der Waals surface area (Å²) < 4.78 is 84.4. The first-order valence-corrected chi connectivity index (χ1v) is 11.9. The van der Waals surface area contributed by atoms with Crippen molar-refractivity contribution in [2.45, 2.75) is 30.8 Å². The normalized spacial score (nSPS) is 15.9. The number of carbonyl (C=O) groups excluding carboxylic acids is 1. The zero-order chi connectivity index (χ0) is 24.4. The van der Waals surface area contributed by atoms with Gasteiger partial charge in [0.05, 0.1) is 22.1 Å². The summed E-state index contributed by atoms with van der Waals surface area (Å²) in [6.07, 6.45) is -4.55. The summed E-state index contributed by atoms with van der Waals surface area (Å²) in [5, 5.41) is 2.51. The number of benzene rings is 2. The number of hydrogen-bond acceptors (Lipinski definition) is 4. The average molecular weight is 509 g/mol. The Kier molecular flexibility index (Phi) is 7.55. The summed E-state index contributed by atoms with van der Waals surface area (Å²) in [6, 6.07) is 6.36. The first-order chi connectivity index (χ1) is 15.4. The van der Waals surface area contributed by atoms with Gasteiger partial charge in [-0.25, -0.2) is 12.8 Å². The van der Waals surface area contributed by atoms with Gasteiger partial charge in [-0.05, 0) is 56.2 Å². The van der Waals surface area contributed by atoms with Crippen LogP contribution in [0.1, 0.15) is 25.3 Å². The summed E-state index contributed by atoms with van der Waals surface area (Å²) in [4.78, 5) is 12.5. The summed E-state index contributed by atoms with van der Waals surface area (Å²) in [7, 11) is -3.86. The minimum absolute atomic E-state index is 0.00940. The van der Waals surface area contributed by atoms with E-state index in [1.807, 2.05) is 0 Å². The highest BCUT2D eigenvalue weighted by atomic mass is 35.5. The standard InChI is InChI=1S/C21H21ClF4N2O4S/c1-2-32-19-6-4-15(12-17(19)22)33(30,31)28-9-7-13(8-10-28)20(29)27-14-3-5-18(23)16(11-14)21(24,25)26/h3-6,11-13H,2,7-10H2,1H3,(H,27,29). The van der Waals surface area contributed by atoms with Gasteiger partial charge < -0.3 is 10.1 Å². The van der Waals surface area contributed by atoms with Gasteiger partial charge in [0.2, 0.25) is 15.9 Å². The lowest BCUT2D eigenvalue weighted by Crippen LogP contribution is -2.41. The van der Waals surface area contributed by atoms with Crippen LogP contribution in [-0.4, -0.2) is 38.3 Å². The smallest absolute Gasteiger partial charge is 0.419 e. The van der Waals surface area contributed by atoms with E-state index in [2.05, 4.69) is 5.32 Å². The molecule has 0 saturated carbocycles. The van der Waals surface area contributed by atoms with E-state index in [1.54, 1.807) is 6.92 Å². The Hall–Kier alpha value is -2.37. The number of nitrogens with one attached hydrogen (secondary N) is 1. The highest BCUT2D eigenvalue weighted by Gasteiger charge is 2.35. The van der Waals surface area contributed by atoms with Crippen LogP contribution in [0.2, 0.25) is 5.02 Å². The van der Waals surface area contributed by atoms with Crippen molar-refractivity contribution < 1.29 is 35.5 Å². The average Bonchev–Trinajstić information content (AvgIpc) is 2.76. The van der Waals surface area contributed by atoms with Crippen LogP contribution in [0.3, 0.4) is 0 Å². The van der Waals surface area contributed by atoms with Gasteiger partial charge in [0.15, 0.2) is 0 Å². The van der Waals surface area contributed by atoms with Crippen LogP contribution in [0.4, 0.5) is 23.2 Å². The van der Waals surface area contributed by atoms with Gasteiger partial charge in [-0.3, -0.25) is 4.79 Å². The molecule has 0 unspecified atom stereocenters. The molecular weight excluding hydrogens is 488 g/mol. The first kappa shape index (κ1) is 25.3. The lowest BCUT2D eigenvalue weighted by molar-refractivity contribution is -0.140. The van der Waals surface area contributed by atoms with Crippen LogP contribution >= 0.6 is 11.6 Å². The van der Waals surface area contributed by atoms with Crippen molar-refractivity contribution in [3.8, 4) is 5.75 Å². The minimum atomic E-state index is -4.89. The Morgan fingerprint density at radius 3 is 2.42 bits per heavy atom. The molecule has 0 bridgehead atoms. The molecule has 1 aliphatic rings. The van der Waals surface area contributed by atoms with Crippen LogP contribution in [0.5, 0.6) is 5.75 Å². The van der Waals surface area contributed by atoms with Crippen molar-refractivity contribution in [3.05, 3.63) is 52.8 Å². The number of piperidine rings is 1. The van der Waals surface area contributed by atoms with Crippen LogP contribution in [0.15, 0.2) is 41.3 Å². The Balaban J connectivity index is 1.65. The molecule has 0 atom stereocenters. The maximum Gasteiger partial charge on any atom is 0.419 e. The van der Waals surface area contributed by atoms with E-state index >= 15 is 0 Å². The van der Waals surface area contributed by atoms with Crippen LogP contribution < -0.4 is 10.1 Å². The molecule has 6 nitrogen and oxygen atoms in total. The Bertz CT molecular complexity index is 1130. The van der Waals surface area contributed by atoms with Crippen LogP contribution in [0.25, 0.3) is 0 Å². The predicted molar refractivity (Wildman–Crippen MR) is 114 cm³/mol. The molecule has 1 aliphatic heterocycles. The fraction of sp³-hybridized carbons (Fsp3) is 0.381. The number of rotatable bonds is 6. The summed E-state index contributed by atoms with van der Waals surface area (Å²) >= 11 is 6.09. The summed E-state index contributed by atoms with van der Waals surface area (Å²) in [5.41, 5.74) is -1.66. The lowest BCUT2D eigenvalue weighted by Gasteiger charge is -2.30. The number of amides is 1. The molecule has 0 spiro atoms. The third-order valence-electron chi connectivity index (χ3n) is 5.20. The van der Waals surface area contributed by atoms with Crippen molar-refractivity contribution in [2.24, 2.45) is 5.92 Å². The largest absolute Gasteiger partial charge is 0.492 e. The third-order valence-corrected chi connectivity index (χ3v) is 7.39. The van der Waals surface area contributed by atoms with Crippen molar-refractivity contribution in [3.63, 3.8) is 0 Å². The van der Waals surface area contributed by atoms with Crippen LogP contribution in [-0.2, 0) is 21.0 Å². The topological polar surface area (TPSA) is 75.7 Å². The molecule has 0 aliphatic carbocycles. The SMILES string of the molecule is CCOc1ccc(S(=O)(=O)N2CCC(C(=O)Nc3ccc(F)c(C(F)(F)F)c3)CC2)cc1Cl. The summed E-state index contributed by atoms with van der Waals surface area (Å²) in [5.74, 6) is -2.24. The molecule has 0 radical (unpaired) electrons. The molecule has 1 N–H and O–H groups in total. The second-order valence-corrected chi connectivity index (χ2v) is 9.73. The van der Waals surface area contributed by atoms with E-state index in [4.69, 9.17) is 16.3 Å². The first-order valence-electron chi connectivity index (χ1n) is 10.0. The molecule has 1 heterocycles. The number of carbonyl (C=O) groups is 1. The van der Waals surface area contributed by atoms with Gasteiger partial charge in [0, 0.05) is 24.7 Å². The fourth-order valence-electron chi connectivity index (χ4n) is 3.49. The van der Waals surface area contributed by atoms with Crippen molar-refractivity contribution in [2.75, 3.05) is 25.0 Å². The van der Waals surface area contributed by atoms with E-state index in [1.165, 1.54) is 22.5 Å². The second kappa shape index (κ2) is 9.86. The van der Waals surface area contributed by atoms with E-state index in [0.717, 1.165) is 6.07 Å². The molecule has 1 amide bonds. The third kappa shape index (κ3) is 5.77. The number of anilines is 1. The molecule has 12 heteroatoms. The number of nitrogens with zero attached hydrogens (tertiary/aromatic N) is 1. The quantitative estimate of drug-likeness (QED) is 0.561. The monoisotopic (exact) mass is 508 g/mol. The number of sulfonamides is 1. The van der Waals surface area contributed by atoms with E-state index in [9.17, 15) is 30.8 Å². The second-order valence-electron chi connectivity index (χ2n) is 7.39. The molecule has 0 aromatic heterocycles. The Morgan fingerprint density at radius 1 is 1.18 bits per heavy atom.